The van der Waals surface area contributed by atoms with Crippen LogP contribution in [0.4, 0.5) is 0 Å². The highest BCUT2D eigenvalue weighted by Gasteiger charge is 2.34. The molecule has 1 fully saturated rings. The van der Waals surface area contributed by atoms with Gasteiger partial charge < -0.3 is 15.4 Å². The van der Waals surface area contributed by atoms with E-state index in [4.69, 9.17) is 22.1 Å². The highest BCUT2D eigenvalue weighted by molar-refractivity contribution is 6.31. The van der Waals surface area contributed by atoms with E-state index in [0.717, 1.165) is 5.56 Å². The molecule has 1 amide bonds. The molecule has 2 rings (SSSR count). The van der Waals surface area contributed by atoms with Gasteiger partial charge in [0.1, 0.15) is 11.8 Å². The molecule has 0 bridgehead atoms. The Morgan fingerprint density at radius 1 is 1.62 bits per heavy atom. The number of amides is 1. The van der Waals surface area contributed by atoms with Crippen LogP contribution in [0.2, 0.25) is 5.02 Å². The third-order valence-corrected chi connectivity index (χ3v) is 3.04. The zero-order valence-corrected chi connectivity index (χ0v) is 9.70. The third kappa shape index (κ3) is 1.86. The first kappa shape index (κ1) is 11.2. The van der Waals surface area contributed by atoms with Crippen molar-refractivity contribution in [3.63, 3.8) is 0 Å². The molecule has 4 nitrogen and oxygen atoms in total. The van der Waals surface area contributed by atoms with Crippen molar-refractivity contribution >= 4 is 17.5 Å². The van der Waals surface area contributed by atoms with E-state index in [2.05, 4.69) is 0 Å². The smallest absolute Gasteiger partial charge is 0.241 e. The van der Waals surface area contributed by atoms with Crippen LogP contribution in [0.15, 0.2) is 18.2 Å². The molecule has 0 aromatic heterocycles. The van der Waals surface area contributed by atoms with Gasteiger partial charge in [0.15, 0.2) is 0 Å². The lowest BCUT2D eigenvalue weighted by atomic mass is 10.1. The van der Waals surface area contributed by atoms with Crippen LogP contribution in [0.3, 0.4) is 0 Å². The quantitative estimate of drug-likeness (QED) is 0.803. The first-order valence-electron chi connectivity index (χ1n) is 4.99. The monoisotopic (exact) mass is 240 g/mol. The van der Waals surface area contributed by atoms with Gasteiger partial charge in [0.25, 0.3) is 0 Å². The average Bonchev–Trinajstić information content (AvgIpc) is 2.30. The van der Waals surface area contributed by atoms with Crippen molar-refractivity contribution < 1.29 is 9.53 Å². The van der Waals surface area contributed by atoms with E-state index in [1.165, 1.54) is 0 Å². The van der Waals surface area contributed by atoms with Gasteiger partial charge in [-0.25, -0.2) is 0 Å². The van der Waals surface area contributed by atoms with Crippen molar-refractivity contribution in [2.45, 2.75) is 12.6 Å². The average molecular weight is 241 g/mol. The van der Waals surface area contributed by atoms with Crippen LogP contribution in [-0.4, -0.2) is 30.5 Å². The molecule has 1 atom stereocenters. The maximum Gasteiger partial charge on any atom is 0.241 e. The summed E-state index contributed by atoms with van der Waals surface area (Å²) in [6, 6.07) is 5.07. The number of likely N-dealkylation sites (tertiary alicyclic amines) is 1. The lowest BCUT2D eigenvalue weighted by molar-refractivity contribution is -0.143. The summed E-state index contributed by atoms with van der Waals surface area (Å²) in [6.45, 7) is 1.03. The Hall–Kier alpha value is -1.26. The lowest BCUT2D eigenvalue weighted by Crippen LogP contribution is -2.60. The van der Waals surface area contributed by atoms with E-state index in [0.29, 0.717) is 23.9 Å². The van der Waals surface area contributed by atoms with Gasteiger partial charge in [-0.15, -0.1) is 0 Å². The fourth-order valence-electron chi connectivity index (χ4n) is 1.74. The molecular weight excluding hydrogens is 228 g/mol. The summed E-state index contributed by atoms with van der Waals surface area (Å²) in [5, 5.41) is 0.604. The Labute approximate surface area is 98.9 Å². The predicted octanol–water partition coefficient (Wildman–Crippen LogP) is 1.02. The molecule has 1 unspecified atom stereocenters. The number of carbonyl (C=O) groups excluding carboxylic acids is 1. The first-order chi connectivity index (χ1) is 7.63. The minimum Gasteiger partial charge on any atom is -0.496 e. The zero-order chi connectivity index (χ0) is 11.7. The van der Waals surface area contributed by atoms with Crippen molar-refractivity contribution in [1.29, 1.82) is 0 Å². The van der Waals surface area contributed by atoms with Gasteiger partial charge in [0.2, 0.25) is 5.91 Å². The van der Waals surface area contributed by atoms with Gasteiger partial charge in [0.05, 0.1) is 13.7 Å². The second-order valence-electron chi connectivity index (χ2n) is 3.75. The normalized spacial score (nSPS) is 19.6. The third-order valence-electron chi connectivity index (χ3n) is 2.69. The van der Waals surface area contributed by atoms with Crippen molar-refractivity contribution in [2.75, 3.05) is 13.7 Å². The van der Waals surface area contributed by atoms with E-state index in [9.17, 15) is 4.79 Å². The molecule has 1 aromatic rings. The minimum absolute atomic E-state index is 0.0398. The summed E-state index contributed by atoms with van der Waals surface area (Å²) in [6.07, 6.45) is 0. The van der Waals surface area contributed by atoms with Crippen LogP contribution in [-0.2, 0) is 11.3 Å². The van der Waals surface area contributed by atoms with Gasteiger partial charge >= 0.3 is 0 Å². The molecule has 86 valence electrons. The van der Waals surface area contributed by atoms with Crippen LogP contribution >= 0.6 is 11.6 Å². The standard InChI is InChI=1S/C11H13ClN2O2/c1-16-10-4-2-3-8(12)7(10)5-14-6-9(13)11(14)15/h2-4,9H,5-6,13H2,1H3. The second-order valence-corrected chi connectivity index (χ2v) is 4.15. The Kier molecular flexibility index (Phi) is 3.03. The number of nitrogens with zero attached hydrogens (tertiary/aromatic N) is 1. The maximum atomic E-state index is 11.4. The second kappa shape index (κ2) is 4.31. The fourth-order valence-corrected chi connectivity index (χ4v) is 1.97. The summed E-state index contributed by atoms with van der Waals surface area (Å²) in [7, 11) is 1.58. The fraction of sp³-hybridized carbons (Fsp3) is 0.364. The summed E-state index contributed by atoms with van der Waals surface area (Å²) in [5.74, 6) is 0.655. The van der Waals surface area contributed by atoms with Crippen molar-refractivity contribution in [1.82, 2.24) is 4.90 Å². The Balaban J connectivity index is 2.18. The Bertz CT molecular complexity index is 422. The Morgan fingerprint density at radius 3 is 2.94 bits per heavy atom. The largest absolute Gasteiger partial charge is 0.496 e. The predicted molar refractivity (Wildman–Crippen MR) is 61.4 cm³/mol. The summed E-state index contributed by atoms with van der Waals surface area (Å²) in [5.41, 5.74) is 6.35. The molecular formula is C11H13ClN2O2. The molecule has 2 N–H and O–H groups in total. The van der Waals surface area contributed by atoms with Gasteiger partial charge in [-0.3, -0.25) is 4.79 Å². The number of hydrogen-bond donors (Lipinski definition) is 1. The number of nitrogens with two attached hydrogens (primary N) is 1. The SMILES string of the molecule is COc1cccc(Cl)c1CN1CC(N)C1=O. The van der Waals surface area contributed by atoms with Crippen LogP contribution < -0.4 is 10.5 Å². The lowest BCUT2D eigenvalue weighted by Gasteiger charge is -2.36. The molecule has 16 heavy (non-hydrogen) atoms. The summed E-state index contributed by atoms with van der Waals surface area (Å²) >= 11 is 6.07. The van der Waals surface area contributed by atoms with Crippen LogP contribution in [0.25, 0.3) is 0 Å². The number of β-lactam (4-membered cyclic amide) rings is 1. The van der Waals surface area contributed by atoms with Crippen LogP contribution in [0.1, 0.15) is 5.56 Å². The number of halogens is 1. The molecule has 0 saturated carbocycles. The highest BCUT2D eigenvalue weighted by atomic mass is 35.5. The van der Waals surface area contributed by atoms with Gasteiger partial charge in [-0.05, 0) is 12.1 Å². The number of hydrogen-bond acceptors (Lipinski definition) is 3. The molecule has 1 aliphatic heterocycles. The number of carbonyl (C=O) groups is 1. The molecule has 5 heteroatoms. The molecule has 0 spiro atoms. The molecule has 1 saturated heterocycles. The molecule has 1 aromatic carbocycles. The summed E-state index contributed by atoms with van der Waals surface area (Å²) in [4.78, 5) is 13.1. The van der Waals surface area contributed by atoms with E-state index in [-0.39, 0.29) is 11.9 Å². The van der Waals surface area contributed by atoms with E-state index < -0.39 is 0 Å². The molecule has 1 aliphatic rings. The topological polar surface area (TPSA) is 55.6 Å². The molecule has 0 radical (unpaired) electrons. The van der Waals surface area contributed by atoms with Gasteiger partial charge in [-0.1, -0.05) is 17.7 Å². The number of ether oxygens (including phenoxy) is 1. The number of methoxy groups -OCH3 is 1. The maximum absolute atomic E-state index is 11.4. The van der Waals surface area contributed by atoms with Crippen LogP contribution in [0, 0.1) is 0 Å². The highest BCUT2D eigenvalue weighted by Crippen LogP contribution is 2.28. The van der Waals surface area contributed by atoms with Crippen molar-refractivity contribution in [3.05, 3.63) is 28.8 Å². The molecule has 1 heterocycles. The van der Waals surface area contributed by atoms with Crippen molar-refractivity contribution in [3.8, 4) is 5.75 Å². The van der Waals surface area contributed by atoms with Crippen LogP contribution in [0.5, 0.6) is 5.75 Å². The van der Waals surface area contributed by atoms with Crippen molar-refractivity contribution in [2.24, 2.45) is 5.73 Å². The van der Waals surface area contributed by atoms with Gasteiger partial charge in [0, 0.05) is 17.1 Å². The number of rotatable bonds is 3. The first-order valence-corrected chi connectivity index (χ1v) is 5.37. The molecule has 0 aliphatic carbocycles. The van der Waals surface area contributed by atoms with Gasteiger partial charge in [-0.2, -0.15) is 0 Å². The van der Waals surface area contributed by atoms with E-state index >= 15 is 0 Å². The number of benzene rings is 1. The Morgan fingerprint density at radius 2 is 2.38 bits per heavy atom. The van der Waals surface area contributed by atoms with E-state index in [1.54, 1.807) is 18.1 Å². The zero-order valence-electron chi connectivity index (χ0n) is 8.94. The van der Waals surface area contributed by atoms with E-state index in [1.807, 2.05) is 12.1 Å². The minimum atomic E-state index is -0.353. The summed E-state index contributed by atoms with van der Waals surface area (Å²) < 4.78 is 5.20.